The molecule has 14 heavy (non-hydrogen) atoms. The van der Waals surface area contributed by atoms with Crippen molar-refractivity contribution >= 4 is 5.97 Å². The highest BCUT2D eigenvalue weighted by Gasteiger charge is 2.06. The molecule has 0 heterocycles. The average molecular weight is 193 g/mol. The Labute approximate surface area is 84.1 Å². The predicted octanol–water partition coefficient (Wildman–Crippen LogP) is 1.51. The number of hydrogen-bond acceptors (Lipinski definition) is 3. The molecule has 1 aromatic rings. The summed E-state index contributed by atoms with van der Waals surface area (Å²) in [4.78, 5) is 10.9. The van der Waals surface area contributed by atoms with Crippen LogP contribution in [0.3, 0.4) is 0 Å². The fourth-order valence-corrected chi connectivity index (χ4v) is 1.17. The number of carbonyl (C=O) groups is 1. The van der Waals surface area contributed by atoms with Gasteiger partial charge in [-0.3, -0.25) is 4.79 Å². The highest BCUT2D eigenvalue weighted by Crippen LogP contribution is 2.10. The third kappa shape index (κ3) is 3.18. The van der Waals surface area contributed by atoms with E-state index in [0.717, 1.165) is 5.56 Å². The summed E-state index contributed by atoms with van der Waals surface area (Å²) >= 11 is 0. The maximum atomic E-state index is 10.9. The van der Waals surface area contributed by atoms with Gasteiger partial charge < -0.3 is 10.1 Å². The molecule has 0 saturated carbocycles. The summed E-state index contributed by atoms with van der Waals surface area (Å²) in [6.07, 6.45) is 0. The zero-order chi connectivity index (χ0) is 10.4. The lowest BCUT2D eigenvalue weighted by atomic mass is 10.1. The van der Waals surface area contributed by atoms with Gasteiger partial charge in [0.1, 0.15) is 0 Å². The second-order valence-corrected chi connectivity index (χ2v) is 3.09. The monoisotopic (exact) mass is 193 g/mol. The smallest absolute Gasteiger partial charge is 0.319 e. The molecule has 0 aliphatic carbocycles. The molecule has 1 rings (SSSR count). The van der Waals surface area contributed by atoms with Gasteiger partial charge in [-0.05, 0) is 12.5 Å². The Balaban J connectivity index is 2.43. The molecule has 0 saturated heterocycles. The Hall–Kier alpha value is -1.35. The number of benzene rings is 1. The summed E-state index contributed by atoms with van der Waals surface area (Å²) in [7, 11) is 1.39. The molecule has 1 aromatic carbocycles. The van der Waals surface area contributed by atoms with Crippen LogP contribution in [-0.2, 0) is 9.53 Å². The SMILES string of the molecule is COC(=O)CN[C@H](C)c1ccccc1. The van der Waals surface area contributed by atoms with E-state index in [2.05, 4.69) is 10.1 Å². The number of esters is 1. The minimum absolute atomic E-state index is 0.162. The second-order valence-electron chi connectivity index (χ2n) is 3.09. The van der Waals surface area contributed by atoms with Gasteiger partial charge >= 0.3 is 5.97 Å². The third-order valence-corrected chi connectivity index (χ3v) is 2.08. The van der Waals surface area contributed by atoms with Gasteiger partial charge in [-0.2, -0.15) is 0 Å². The molecular formula is C11H15NO2. The minimum Gasteiger partial charge on any atom is -0.468 e. The van der Waals surface area contributed by atoms with Gasteiger partial charge in [0.2, 0.25) is 0 Å². The lowest BCUT2D eigenvalue weighted by molar-refractivity contribution is -0.139. The zero-order valence-electron chi connectivity index (χ0n) is 8.49. The van der Waals surface area contributed by atoms with Gasteiger partial charge in [0.25, 0.3) is 0 Å². The minimum atomic E-state index is -0.243. The van der Waals surface area contributed by atoms with Gasteiger partial charge in [-0.25, -0.2) is 0 Å². The van der Waals surface area contributed by atoms with Crippen LogP contribution in [0, 0.1) is 0 Å². The number of hydrogen-bond donors (Lipinski definition) is 1. The van der Waals surface area contributed by atoms with Crippen LogP contribution in [0.15, 0.2) is 30.3 Å². The molecule has 0 aliphatic heterocycles. The summed E-state index contributed by atoms with van der Waals surface area (Å²) in [6.45, 7) is 2.25. The Morgan fingerprint density at radius 2 is 2.07 bits per heavy atom. The van der Waals surface area contributed by atoms with Crippen molar-refractivity contribution in [1.82, 2.24) is 5.32 Å². The molecule has 0 radical (unpaired) electrons. The number of carbonyl (C=O) groups excluding carboxylic acids is 1. The van der Waals surface area contributed by atoms with E-state index in [4.69, 9.17) is 0 Å². The molecule has 0 aliphatic rings. The molecular weight excluding hydrogens is 178 g/mol. The van der Waals surface area contributed by atoms with Gasteiger partial charge in [0.05, 0.1) is 13.7 Å². The quantitative estimate of drug-likeness (QED) is 0.737. The normalized spacial score (nSPS) is 12.1. The predicted molar refractivity (Wildman–Crippen MR) is 54.9 cm³/mol. The lowest BCUT2D eigenvalue weighted by Crippen LogP contribution is -2.26. The zero-order valence-corrected chi connectivity index (χ0v) is 8.49. The molecule has 1 atom stereocenters. The van der Waals surface area contributed by atoms with E-state index in [9.17, 15) is 4.79 Å². The van der Waals surface area contributed by atoms with E-state index >= 15 is 0 Å². The first-order valence-corrected chi connectivity index (χ1v) is 4.59. The number of nitrogens with one attached hydrogen (secondary N) is 1. The van der Waals surface area contributed by atoms with Crippen molar-refractivity contribution in [2.75, 3.05) is 13.7 Å². The van der Waals surface area contributed by atoms with Crippen molar-refractivity contribution in [3.05, 3.63) is 35.9 Å². The third-order valence-electron chi connectivity index (χ3n) is 2.08. The summed E-state index contributed by atoms with van der Waals surface area (Å²) < 4.78 is 4.54. The van der Waals surface area contributed by atoms with Crippen LogP contribution < -0.4 is 5.32 Å². The molecule has 76 valence electrons. The first-order chi connectivity index (χ1) is 6.74. The highest BCUT2D eigenvalue weighted by atomic mass is 16.5. The van der Waals surface area contributed by atoms with E-state index in [0.29, 0.717) is 0 Å². The van der Waals surface area contributed by atoms with Gasteiger partial charge in [0.15, 0.2) is 0 Å². The fourth-order valence-electron chi connectivity index (χ4n) is 1.17. The Morgan fingerprint density at radius 1 is 1.43 bits per heavy atom. The Morgan fingerprint density at radius 3 is 2.64 bits per heavy atom. The second kappa shape index (κ2) is 5.40. The maximum absolute atomic E-state index is 10.9. The van der Waals surface area contributed by atoms with E-state index in [1.54, 1.807) is 0 Å². The van der Waals surface area contributed by atoms with Crippen molar-refractivity contribution in [3.8, 4) is 0 Å². The fraction of sp³-hybridized carbons (Fsp3) is 0.364. The summed E-state index contributed by atoms with van der Waals surface area (Å²) in [5, 5.41) is 3.08. The molecule has 3 heteroatoms. The molecule has 0 amide bonds. The van der Waals surface area contributed by atoms with E-state index < -0.39 is 0 Å². The van der Waals surface area contributed by atoms with Gasteiger partial charge in [0, 0.05) is 6.04 Å². The van der Waals surface area contributed by atoms with Crippen LogP contribution >= 0.6 is 0 Å². The van der Waals surface area contributed by atoms with Crippen molar-refractivity contribution in [2.45, 2.75) is 13.0 Å². The van der Waals surface area contributed by atoms with Gasteiger partial charge in [-0.1, -0.05) is 30.3 Å². The highest BCUT2D eigenvalue weighted by molar-refractivity contribution is 5.71. The molecule has 0 unspecified atom stereocenters. The topological polar surface area (TPSA) is 38.3 Å². The molecule has 1 N–H and O–H groups in total. The molecule has 3 nitrogen and oxygen atoms in total. The molecule has 0 spiro atoms. The molecule has 0 fully saturated rings. The van der Waals surface area contributed by atoms with Crippen molar-refractivity contribution < 1.29 is 9.53 Å². The average Bonchev–Trinajstić information content (AvgIpc) is 2.26. The van der Waals surface area contributed by atoms with Crippen LogP contribution in [0.2, 0.25) is 0 Å². The van der Waals surface area contributed by atoms with Crippen molar-refractivity contribution in [2.24, 2.45) is 0 Å². The summed E-state index contributed by atoms with van der Waals surface area (Å²) in [5.41, 5.74) is 1.16. The van der Waals surface area contributed by atoms with Crippen LogP contribution in [0.4, 0.5) is 0 Å². The van der Waals surface area contributed by atoms with E-state index in [-0.39, 0.29) is 18.6 Å². The van der Waals surface area contributed by atoms with Crippen LogP contribution in [-0.4, -0.2) is 19.6 Å². The Bertz CT molecular complexity index is 285. The number of methoxy groups -OCH3 is 1. The number of ether oxygens (including phenoxy) is 1. The standard InChI is InChI=1S/C11H15NO2/c1-9(12-8-11(13)14-2)10-6-4-3-5-7-10/h3-7,9,12H,8H2,1-2H3/t9-/m1/s1. The molecule has 0 bridgehead atoms. The summed E-state index contributed by atoms with van der Waals surface area (Å²) in [6, 6.07) is 10.1. The van der Waals surface area contributed by atoms with Crippen molar-refractivity contribution in [1.29, 1.82) is 0 Å². The maximum Gasteiger partial charge on any atom is 0.319 e. The molecule has 0 aromatic heterocycles. The van der Waals surface area contributed by atoms with E-state index in [1.807, 2.05) is 37.3 Å². The number of rotatable bonds is 4. The summed E-state index contributed by atoms with van der Waals surface area (Å²) in [5.74, 6) is -0.243. The van der Waals surface area contributed by atoms with Crippen molar-refractivity contribution in [3.63, 3.8) is 0 Å². The lowest BCUT2D eigenvalue weighted by Gasteiger charge is -2.12. The first-order valence-electron chi connectivity index (χ1n) is 4.59. The van der Waals surface area contributed by atoms with Crippen LogP contribution in [0.25, 0.3) is 0 Å². The van der Waals surface area contributed by atoms with Gasteiger partial charge in [-0.15, -0.1) is 0 Å². The largest absolute Gasteiger partial charge is 0.468 e. The Kier molecular flexibility index (Phi) is 4.13. The van der Waals surface area contributed by atoms with Crippen LogP contribution in [0.5, 0.6) is 0 Å². The first kappa shape index (κ1) is 10.7. The van der Waals surface area contributed by atoms with Crippen LogP contribution in [0.1, 0.15) is 18.5 Å². The van der Waals surface area contributed by atoms with E-state index in [1.165, 1.54) is 7.11 Å².